The highest BCUT2D eigenvalue weighted by Gasteiger charge is 2.30. The summed E-state index contributed by atoms with van der Waals surface area (Å²) in [5.74, 6) is 0. The van der Waals surface area contributed by atoms with Crippen LogP contribution in [0.25, 0.3) is 0 Å². The lowest BCUT2D eigenvalue weighted by atomic mass is 10.1. The standard InChI is InChI=1S/C15H16F3NS/c1-10-7-8-20-14(10)9-19-11(2)12-3-5-13(6-4-12)15(16,17)18/h3-8,11,19H,9H2,1-2H3. The van der Waals surface area contributed by atoms with E-state index in [0.29, 0.717) is 0 Å². The molecule has 2 rings (SSSR count). The minimum atomic E-state index is -4.27. The zero-order valence-electron chi connectivity index (χ0n) is 11.3. The Morgan fingerprint density at radius 2 is 1.80 bits per heavy atom. The number of aryl methyl sites for hydroxylation is 1. The van der Waals surface area contributed by atoms with Gasteiger partial charge in [0.25, 0.3) is 0 Å². The first-order chi connectivity index (χ1) is 9.38. The number of rotatable bonds is 4. The van der Waals surface area contributed by atoms with Gasteiger partial charge in [0.15, 0.2) is 0 Å². The maximum atomic E-state index is 12.5. The van der Waals surface area contributed by atoms with Crippen molar-refractivity contribution in [1.82, 2.24) is 5.32 Å². The van der Waals surface area contributed by atoms with E-state index in [0.717, 1.165) is 24.2 Å². The molecule has 1 atom stereocenters. The number of alkyl halides is 3. The summed E-state index contributed by atoms with van der Waals surface area (Å²) in [6.07, 6.45) is -4.27. The third-order valence-electron chi connectivity index (χ3n) is 3.27. The highest BCUT2D eigenvalue weighted by molar-refractivity contribution is 7.10. The number of nitrogens with one attached hydrogen (secondary N) is 1. The zero-order chi connectivity index (χ0) is 14.8. The number of hydrogen-bond donors (Lipinski definition) is 1. The molecule has 0 spiro atoms. The largest absolute Gasteiger partial charge is 0.416 e. The van der Waals surface area contributed by atoms with Crippen LogP contribution in [0.4, 0.5) is 13.2 Å². The van der Waals surface area contributed by atoms with Crippen molar-refractivity contribution in [2.75, 3.05) is 0 Å². The van der Waals surface area contributed by atoms with Gasteiger partial charge >= 0.3 is 6.18 Å². The van der Waals surface area contributed by atoms with Gasteiger partial charge in [-0.05, 0) is 48.6 Å². The Balaban J connectivity index is 1.99. The second kappa shape index (κ2) is 5.97. The van der Waals surface area contributed by atoms with Crippen LogP contribution in [0, 0.1) is 6.92 Å². The minimum Gasteiger partial charge on any atom is -0.305 e. The Hall–Kier alpha value is -1.33. The van der Waals surface area contributed by atoms with Gasteiger partial charge in [-0.25, -0.2) is 0 Å². The van der Waals surface area contributed by atoms with Gasteiger partial charge in [-0.1, -0.05) is 12.1 Å². The first kappa shape index (κ1) is 15.1. The third-order valence-corrected chi connectivity index (χ3v) is 4.30. The number of thiophene rings is 1. The van der Waals surface area contributed by atoms with Crippen molar-refractivity contribution in [3.8, 4) is 0 Å². The number of benzene rings is 1. The predicted octanol–water partition coefficient (Wildman–Crippen LogP) is 4.93. The summed E-state index contributed by atoms with van der Waals surface area (Å²) in [6, 6.07) is 7.39. The molecule has 1 aromatic carbocycles. The maximum Gasteiger partial charge on any atom is 0.416 e. The van der Waals surface area contributed by atoms with Crippen LogP contribution in [0.15, 0.2) is 35.7 Å². The molecule has 1 N–H and O–H groups in total. The molecule has 1 heterocycles. The Labute approximate surface area is 120 Å². The Bertz CT molecular complexity index is 557. The van der Waals surface area contributed by atoms with E-state index in [1.165, 1.54) is 22.6 Å². The van der Waals surface area contributed by atoms with Crippen molar-refractivity contribution in [3.63, 3.8) is 0 Å². The molecule has 5 heteroatoms. The highest BCUT2D eigenvalue weighted by atomic mass is 32.1. The van der Waals surface area contributed by atoms with E-state index in [-0.39, 0.29) is 6.04 Å². The molecule has 1 aromatic heterocycles. The number of hydrogen-bond acceptors (Lipinski definition) is 2. The maximum absolute atomic E-state index is 12.5. The average molecular weight is 299 g/mol. The summed E-state index contributed by atoms with van der Waals surface area (Å²) < 4.78 is 37.5. The molecule has 0 saturated carbocycles. The van der Waals surface area contributed by atoms with E-state index < -0.39 is 11.7 Å². The molecule has 1 unspecified atom stereocenters. The van der Waals surface area contributed by atoms with Crippen LogP contribution in [-0.4, -0.2) is 0 Å². The summed E-state index contributed by atoms with van der Waals surface area (Å²) in [5.41, 5.74) is 1.48. The predicted molar refractivity (Wildman–Crippen MR) is 75.8 cm³/mol. The van der Waals surface area contributed by atoms with E-state index in [2.05, 4.69) is 18.3 Å². The van der Waals surface area contributed by atoms with Crippen LogP contribution in [0.3, 0.4) is 0 Å². The van der Waals surface area contributed by atoms with E-state index in [9.17, 15) is 13.2 Å². The minimum absolute atomic E-state index is 0.0128. The molecule has 20 heavy (non-hydrogen) atoms. The lowest BCUT2D eigenvalue weighted by Crippen LogP contribution is -2.18. The lowest BCUT2D eigenvalue weighted by Gasteiger charge is -2.15. The molecular formula is C15H16F3NS. The van der Waals surface area contributed by atoms with Crippen LogP contribution < -0.4 is 5.32 Å². The van der Waals surface area contributed by atoms with Gasteiger partial charge in [-0.3, -0.25) is 0 Å². The third kappa shape index (κ3) is 3.61. The summed E-state index contributed by atoms with van der Waals surface area (Å²) in [4.78, 5) is 1.25. The molecule has 0 aliphatic rings. The van der Waals surface area contributed by atoms with Gasteiger partial charge in [0, 0.05) is 17.5 Å². The topological polar surface area (TPSA) is 12.0 Å². The molecule has 108 valence electrons. The van der Waals surface area contributed by atoms with Crippen molar-refractivity contribution in [2.24, 2.45) is 0 Å². The summed E-state index contributed by atoms with van der Waals surface area (Å²) in [7, 11) is 0. The van der Waals surface area contributed by atoms with Crippen molar-refractivity contribution in [2.45, 2.75) is 32.6 Å². The van der Waals surface area contributed by atoms with Gasteiger partial charge in [0.2, 0.25) is 0 Å². The van der Waals surface area contributed by atoms with Crippen LogP contribution in [0.5, 0.6) is 0 Å². The Morgan fingerprint density at radius 3 is 2.30 bits per heavy atom. The van der Waals surface area contributed by atoms with E-state index in [4.69, 9.17) is 0 Å². The van der Waals surface area contributed by atoms with Crippen molar-refractivity contribution < 1.29 is 13.2 Å². The molecule has 0 bridgehead atoms. The monoisotopic (exact) mass is 299 g/mol. The molecular weight excluding hydrogens is 283 g/mol. The Morgan fingerprint density at radius 1 is 1.15 bits per heavy atom. The number of halogens is 3. The van der Waals surface area contributed by atoms with Gasteiger partial charge in [0.05, 0.1) is 5.56 Å². The van der Waals surface area contributed by atoms with Gasteiger partial charge < -0.3 is 5.32 Å². The fourth-order valence-electron chi connectivity index (χ4n) is 1.91. The molecule has 0 fully saturated rings. The molecule has 0 aliphatic heterocycles. The smallest absolute Gasteiger partial charge is 0.305 e. The fourth-order valence-corrected chi connectivity index (χ4v) is 2.77. The summed E-state index contributed by atoms with van der Waals surface area (Å²) in [5, 5.41) is 5.37. The van der Waals surface area contributed by atoms with Gasteiger partial charge in [0.1, 0.15) is 0 Å². The highest BCUT2D eigenvalue weighted by Crippen LogP contribution is 2.30. The molecule has 0 aliphatic carbocycles. The quantitative estimate of drug-likeness (QED) is 0.844. The summed E-state index contributed by atoms with van der Waals surface area (Å²) >= 11 is 1.68. The molecule has 0 radical (unpaired) electrons. The first-order valence-electron chi connectivity index (χ1n) is 6.31. The van der Waals surface area contributed by atoms with Gasteiger partial charge in [-0.15, -0.1) is 11.3 Å². The summed E-state index contributed by atoms with van der Waals surface area (Å²) in [6.45, 7) is 4.73. The molecule has 0 amide bonds. The van der Waals surface area contributed by atoms with Crippen LogP contribution in [0.2, 0.25) is 0 Å². The molecule has 0 saturated heterocycles. The van der Waals surface area contributed by atoms with Crippen LogP contribution in [0.1, 0.15) is 34.5 Å². The van der Waals surface area contributed by atoms with Crippen molar-refractivity contribution in [3.05, 3.63) is 57.3 Å². The van der Waals surface area contributed by atoms with E-state index >= 15 is 0 Å². The zero-order valence-corrected chi connectivity index (χ0v) is 12.1. The Kier molecular flexibility index (Phi) is 4.50. The lowest BCUT2D eigenvalue weighted by molar-refractivity contribution is -0.137. The van der Waals surface area contributed by atoms with Crippen LogP contribution in [-0.2, 0) is 12.7 Å². The molecule has 2 aromatic rings. The van der Waals surface area contributed by atoms with E-state index in [1.807, 2.05) is 12.3 Å². The van der Waals surface area contributed by atoms with Crippen molar-refractivity contribution in [1.29, 1.82) is 0 Å². The van der Waals surface area contributed by atoms with Crippen molar-refractivity contribution >= 4 is 11.3 Å². The normalized spacial score (nSPS) is 13.4. The first-order valence-corrected chi connectivity index (χ1v) is 7.19. The fraction of sp³-hybridized carbons (Fsp3) is 0.333. The van der Waals surface area contributed by atoms with E-state index in [1.54, 1.807) is 11.3 Å². The van der Waals surface area contributed by atoms with Crippen LogP contribution >= 0.6 is 11.3 Å². The molecule has 1 nitrogen and oxygen atoms in total. The van der Waals surface area contributed by atoms with Gasteiger partial charge in [-0.2, -0.15) is 13.2 Å². The second-order valence-electron chi connectivity index (χ2n) is 4.75. The second-order valence-corrected chi connectivity index (χ2v) is 5.75. The average Bonchev–Trinajstić information content (AvgIpc) is 2.81. The SMILES string of the molecule is Cc1ccsc1CNC(C)c1ccc(C(F)(F)F)cc1.